The lowest BCUT2D eigenvalue weighted by Crippen LogP contribution is -2.13. The number of nitrogens with zero attached hydrogens (tertiary/aromatic N) is 2. The van der Waals surface area contributed by atoms with Crippen LogP contribution in [0.3, 0.4) is 0 Å². The molecule has 0 bridgehead atoms. The molecule has 0 fully saturated rings. The van der Waals surface area contributed by atoms with Crippen LogP contribution in [0.1, 0.15) is 26.4 Å². The number of amides is 1. The van der Waals surface area contributed by atoms with Crippen LogP contribution in [0.4, 0.5) is 5.69 Å². The van der Waals surface area contributed by atoms with Gasteiger partial charge in [-0.1, -0.05) is 11.6 Å². The van der Waals surface area contributed by atoms with Gasteiger partial charge in [0.1, 0.15) is 5.15 Å². The summed E-state index contributed by atoms with van der Waals surface area (Å²) in [7, 11) is 0. The first-order valence-electron chi connectivity index (χ1n) is 5.59. The minimum absolute atomic E-state index is 0.00765. The van der Waals surface area contributed by atoms with Gasteiger partial charge >= 0.3 is 5.97 Å². The van der Waals surface area contributed by atoms with E-state index in [0.717, 1.165) is 0 Å². The van der Waals surface area contributed by atoms with E-state index in [4.69, 9.17) is 16.7 Å². The molecule has 2 N–H and O–H groups in total. The Bertz CT molecular complexity index is 668. The van der Waals surface area contributed by atoms with Gasteiger partial charge in [0.15, 0.2) is 0 Å². The molecule has 2 aromatic rings. The Morgan fingerprint density at radius 3 is 2.60 bits per heavy atom. The van der Waals surface area contributed by atoms with Crippen molar-refractivity contribution in [2.75, 3.05) is 5.32 Å². The number of carbonyl (C=O) groups excluding carboxylic acids is 1. The number of aromatic nitrogens is 2. The smallest absolute Gasteiger partial charge is 0.337 e. The van der Waals surface area contributed by atoms with Crippen molar-refractivity contribution in [1.29, 1.82) is 0 Å². The maximum atomic E-state index is 12.0. The van der Waals surface area contributed by atoms with Crippen LogP contribution < -0.4 is 5.32 Å². The fourth-order valence-corrected chi connectivity index (χ4v) is 1.84. The number of hydrogen-bond donors (Lipinski definition) is 2. The van der Waals surface area contributed by atoms with Gasteiger partial charge in [0.05, 0.1) is 17.4 Å². The largest absolute Gasteiger partial charge is 0.478 e. The summed E-state index contributed by atoms with van der Waals surface area (Å²) in [5, 5.41) is 11.6. The van der Waals surface area contributed by atoms with Gasteiger partial charge in [-0.15, -0.1) is 0 Å². The Balaban J connectivity index is 2.23. The summed E-state index contributed by atoms with van der Waals surface area (Å²) in [6.45, 7) is 1.72. The van der Waals surface area contributed by atoms with Crippen LogP contribution in [0.2, 0.25) is 5.15 Å². The lowest BCUT2D eigenvalue weighted by molar-refractivity contribution is 0.0696. The average molecular weight is 292 g/mol. The van der Waals surface area contributed by atoms with E-state index in [0.29, 0.717) is 16.9 Å². The summed E-state index contributed by atoms with van der Waals surface area (Å²) >= 11 is 5.78. The fraction of sp³-hybridized carbons (Fsp3) is 0.0769. The van der Waals surface area contributed by atoms with E-state index in [1.165, 1.54) is 24.5 Å². The summed E-state index contributed by atoms with van der Waals surface area (Å²) in [5.74, 6) is -1.53. The highest BCUT2D eigenvalue weighted by molar-refractivity contribution is 6.29. The molecule has 1 amide bonds. The third-order valence-electron chi connectivity index (χ3n) is 2.43. The predicted octanol–water partition coefficient (Wildman–Crippen LogP) is 2.39. The van der Waals surface area contributed by atoms with E-state index in [-0.39, 0.29) is 10.7 Å². The zero-order chi connectivity index (χ0) is 14.7. The van der Waals surface area contributed by atoms with E-state index < -0.39 is 11.9 Å². The summed E-state index contributed by atoms with van der Waals surface area (Å²) in [6.07, 6.45) is 2.56. The van der Waals surface area contributed by atoms with E-state index in [1.54, 1.807) is 13.0 Å². The van der Waals surface area contributed by atoms with Gasteiger partial charge in [-0.25, -0.2) is 9.78 Å². The van der Waals surface area contributed by atoms with E-state index in [9.17, 15) is 9.59 Å². The molecule has 0 saturated heterocycles. The Morgan fingerprint density at radius 1 is 1.20 bits per heavy atom. The Hall–Kier alpha value is -2.47. The lowest BCUT2D eigenvalue weighted by atomic mass is 10.2. The molecule has 0 aliphatic carbocycles. The first-order valence-corrected chi connectivity index (χ1v) is 5.97. The monoisotopic (exact) mass is 291 g/mol. The highest BCUT2D eigenvalue weighted by Gasteiger charge is 2.10. The second-order valence-electron chi connectivity index (χ2n) is 4.04. The summed E-state index contributed by atoms with van der Waals surface area (Å²) in [4.78, 5) is 30.6. The van der Waals surface area contributed by atoms with Gasteiger partial charge in [-0.05, 0) is 25.1 Å². The second-order valence-corrected chi connectivity index (χ2v) is 4.43. The molecule has 0 spiro atoms. The molecule has 102 valence electrons. The number of halogens is 1. The maximum absolute atomic E-state index is 12.0. The Labute approximate surface area is 119 Å². The third kappa shape index (κ3) is 3.30. The highest BCUT2D eigenvalue weighted by Crippen LogP contribution is 2.14. The number of aromatic carboxylic acids is 1. The molecule has 20 heavy (non-hydrogen) atoms. The van der Waals surface area contributed by atoms with Crippen LogP contribution in [0.5, 0.6) is 0 Å². The van der Waals surface area contributed by atoms with Gasteiger partial charge in [0.2, 0.25) is 0 Å². The number of anilines is 1. The van der Waals surface area contributed by atoms with Gasteiger partial charge < -0.3 is 10.4 Å². The van der Waals surface area contributed by atoms with E-state index in [1.807, 2.05) is 0 Å². The number of carbonyl (C=O) groups is 2. The average Bonchev–Trinajstić information content (AvgIpc) is 2.37. The zero-order valence-electron chi connectivity index (χ0n) is 10.4. The Kier molecular flexibility index (Phi) is 3.95. The molecule has 7 heteroatoms. The molecule has 6 nitrogen and oxygen atoms in total. The normalized spacial score (nSPS) is 10.1. The van der Waals surface area contributed by atoms with Crippen LogP contribution in [0, 0.1) is 6.92 Å². The fourth-order valence-electron chi connectivity index (χ4n) is 1.59. The first kappa shape index (κ1) is 14.0. The molecule has 0 aromatic carbocycles. The number of nitrogens with one attached hydrogen (secondary N) is 1. The van der Waals surface area contributed by atoms with Crippen molar-refractivity contribution in [3.8, 4) is 0 Å². The predicted molar refractivity (Wildman–Crippen MR) is 73.1 cm³/mol. The van der Waals surface area contributed by atoms with Crippen molar-refractivity contribution >= 4 is 29.2 Å². The number of carboxylic acid groups (broad SMARTS) is 1. The van der Waals surface area contributed by atoms with Crippen molar-refractivity contribution in [3.63, 3.8) is 0 Å². The molecule has 2 aromatic heterocycles. The van der Waals surface area contributed by atoms with Crippen LogP contribution in [-0.2, 0) is 0 Å². The summed E-state index contributed by atoms with van der Waals surface area (Å²) in [6, 6.07) is 4.33. The first-order chi connectivity index (χ1) is 9.45. The van der Waals surface area contributed by atoms with Crippen molar-refractivity contribution in [3.05, 3.63) is 52.6 Å². The lowest BCUT2D eigenvalue weighted by Gasteiger charge is -2.06. The minimum Gasteiger partial charge on any atom is -0.478 e. The topological polar surface area (TPSA) is 92.2 Å². The van der Waals surface area contributed by atoms with E-state index in [2.05, 4.69) is 15.3 Å². The number of rotatable bonds is 3. The van der Waals surface area contributed by atoms with Gasteiger partial charge in [-0.2, -0.15) is 0 Å². The quantitative estimate of drug-likeness (QED) is 0.847. The third-order valence-corrected chi connectivity index (χ3v) is 2.62. The molecule has 0 saturated carbocycles. The van der Waals surface area contributed by atoms with Gasteiger partial charge in [-0.3, -0.25) is 9.78 Å². The van der Waals surface area contributed by atoms with Crippen LogP contribution in [0.15, 0.2) is 30.6 Å². The summed E-state index contributed by atoms with van der Waals surface area (Å²) < 4.78 is 0. The zero-order valence-corrected chi connectivity index (χ0v) is 11.2. The van der Waals surface area contributed by atoms with Gasteiger partial charge in [0.25, 0.3) is 5.91 Å². The number of carboxylic acids is 1. The molecule has 2 heterocycles. The molecule has 0 aliphatic rings. The molecule has 0 unspecified atom stereocenters. The number of pyridine rings is 2. The molecular formula is C13H10ClN3O3. The second kappa shape index (κ2) is 5.66. The van der Waals surface area contributed by atoms with Crippen LogP contribution >= 0.6 is 11.6 Å². The highest BCUT2D eigenvalue weighted by atomic mass is 35.5. The van der Waals surface area contributed by atoms with E-state index >= 15 is 0 Å². The standard InChI is InChI=1S/C13H10ClN3O3/c1-7-2-8(4-11(14)16-7)12(18)17-10-3-9(13(19)20)5-15-6-10/h2-6H,1H3,(H,17,18)(H,19,20). The molecule has 0 radical (unpaired) electrons. The molecular weight excluding hydrogens is 282 g/mol. The van der Waals surface area contributed by atoms with Crippen LogP contribution in [0.25, 0.3) is 0 Å². The minimum atomic E-state index is -1.11. The van der Waals surface area contributed by atoms with Crippen molar-refractivity contribution < 1.29 is 14.7 Å². The molecule has 0 aliphatic heterocycles. The van der Waals surface area contributed by atoms with Crippen LogP contribution in [-0.4, -0.2) is 27.0 Å². The van der Waals surface area contributed by atoms with Gasteiger partial charge in [0, 0.05) is 17.5 Å². The Morgan fingerprint density at radius 2 is 1.95 bits per heavy atom. The van der Waals surface area contributed by atoms with Crippen molar-refractivity contribution in [2.45, 2.75) is 6.92 Å². The molecule has 0 atom stereocenters. The molecule has 2 rings (SSSR count). The number of aryl methyl sites for hydroxylation is 1. The summed E-state index contributed by atoms with van der Waals surface area (Å²) in [5.41, 5.74) is 1.23. The van der Waals surface area contributed by atoms with Crippen molar-refractivity contribution in [1.82, 2.24) is 9.97 Å². The maximum Gasteiger partial charge on any atom is 0.337 e. The number of hydrogen-bond acceptors (Lipinski definition) is 4. The van der Waals surface area contributed by atoms with Crippen molar-refractivity contribution in [2.24, 2.45) is 0 Å². The SMILES string of the molecule is Cc1cc(C(=O)Nc2cncc(C(=O)O)c2)cc(Cl)n1.